The molecule has 1 N–H and O–H groups in total. The zero-order chi connectivity index (χ0) is 20.0. The number of nitrogens with one attached hydrogen (secondary N) is 1. The third-order valence-electron chi connectivity index (χ3n) is 5.16. The fourth-order valence-electron chi connectivity index (χ4n) is 3.28. The number of carbonyl (C=O) groups is 1. The quantitative estimate of drug-likeness (QED) is 0.714. The summed E-state index contributed by atoms with van der Waals surface area (Å²) in [4.78, 5) is 28.7. The Morgan fingerprint density at radius 1 is 1.07 bits per heavy atom. The van der Waals surface area contributed by atoms with Crippen molar-refractivity contribution in [2.75, 3.05) is 38.0 Å². The lowest BCUT2D eigenvalue weighted by Crippen LogP contribution is -2.34. The van der Waals surface area contributed by atoms with E-state index in [0.717, 1.165) is 36.1 Å². The third kappa shape index (κ3) is 4.89. The third-order valence-corrected chi connectivity index (χ3v) is 5.16. The Morgan fingerprint density at radius 2 is 1.74 bits per heavy atom. The second-order valence-corrected chi connectivity index (χ2v) is 6.58. The SMILES string of the molecule is CCN(CC)CCc1c(C)c2ccc(NC(=O)N(CC)CC)cc2oc1=O. The molecule has 1 aromatic heterocycles. The van der Waals surface area contributed by atoms with Gasteiger partial charge in [-0.25, -0.2) is 9.59 Å². The van der Waals surface area contributed by atoms with Crippen LogP contribution < -0.4 is 10.9 Å². The van der Waals surface area contributed by atoms with E-state index in [4.69, 9.17) is 4.42 Å². The first kappa shape index (κ1) is 21.0. The number of fused-ring (bicyclic) bond motifs is 1. The Kier molecular flexibility index (Phi) is 7.42. The molecule has 1 aromatic carbocycles. The molecule has 0 aliphatic carbocycles. The number of urea groups is 1. The Morgan fingerprint density at radius 3 is 2.33 bits per heavy atom. The van der Waals surface area contributed by atoms with E-state index in [-0.39, 0.29) is 11.7 Å². The van der Waals surface area contributed by atoms with Crippen LogP contribution >= 0.6 is 0 Å². The van der Waals surface area contributed by atoms with Crippen molar-refractivity contribution >= 4 is 22.7 Å². The fraction of sp³-hybridized carbons (Fsp3) is 0.524. The molecule has 148 valence electrons. The van der Waals surface area contributed by atoms with Gasteiger partial charge in [0.15, 0.2) is 0 Å². The van der Waals surface area contributed by atoms with E-state index in [9.17, 15) is 9.59 Å². The summed E-state index contributed by atoms with van der Waals surface area (Å²) in [6.07, 6.45) is 0.673. The van der Waals surface area contributed by atoms with E-state index in [0.29, 0.717) is 30.8 Å². The molecule has 0 bridgehead atoms. The summed E-state index contributed by atoms with van der Waals surface area (Å²) < 4.78 is 5.57. The van der Waals surface area contributed by atoms with E-state index in [1.165, 1.54) is 0 Å². The van der Waals surface area contributed by atoms with Crippen LogP contribution in [0, 0.1) is 6.92 Å². The highest BCUT2D eigenvalue weighted by molar-refractivity contribution is 5.92. The van der Waals surface area contributed by atoms with Gasteiger partial charge in [-0.2, -0.15) is 0 Å². The van der Waals surface area contributed by atoms with Crippen molar-refractivity contribution in [3.05, 3.63) is 39.7 Å². The summed E-state index contributed by atoms with van der Waals surface area (Å²) in [5.74, 6) is 0. The lowest BCUT2D eigenvalue weighted by molar-refractivity contribution is 0.217. The lowest BCUT2D eigenvalue weighted by Gasteiger charge is -2.19. The van der Waals surface area contributed by atoms with Crippen molar-refractivity contribution in [2.24, 2.45) is 0 Å². The van der Waals surface area contributed by atoms with Crippen LogP contribution in [-0.4, -0.2) is 48.6 Å². The van der Waals surface area contributed by atoms with Crippen LogP contribution in [0.25, 0.3) is 11.0 Å². The molecule has 0 saturated carbocycles. The lowest BCUT2D eigenvalue weighted by atomic mass is 10.0. The molecule has 0 aliphatic heterocycles. The molecule has 2 rings (SSSR count). The average molecular weight is 373 g/mol. The second-order valence-electron chi connectivity index (χ2n) is 6.58. The molecule has 0 aliphatic rings. The van der Waals surface area contributed by atoms with Gasteiger partial charge in [-0.05, 0) is 58.0 Å². The van der Waals surface area contributed by atoms with Gasteiger partial charge in [-0.15, -0.1) is 0 Å². The minimum atomic E-state index is -0.292. The van der Waals surface area contributed by atoms with Crippen molar-refractivity contribution in [3.8, 4) is 0 Å². The maximum Gasteiger partial charge on any atom is 0.339 e. The highest BCUT2D eigenvalue weighted by Crippen LogP contribution is 2.23. The molecule has 27 heavy (non-hydrogen) atoms. The number of hydrogen-bond acceptors (Lipinski definition) is 4. The number of aryl methyl sites for hydroxylation is 1. The minimum Gasteiger partial charge on any atom is -0.422 e. The molecule has 0 unspecified atom stereocenters. The zero-order valence-electron chi connectivity index (χ0n) is 17.1. The number of nitrogens with zero attached hydrogens (tertiary/aromatic N) is 2. The molecule has 6 nitrogen and oxygen atoms in total. The van der Waals surface area contributed by atoms with E-state index in [1.54, 1.807) is 11.0 Å². The van der Waals surface area contributed by atoms with Crippen LogP contribution in [0.5, 0.6) is 0 Å². The number of amides is 2. The first-order valence-corrected chi connectivity index (χ1v) is 9.79. The van der Waals surface area contributed by atoms with E-state index < -0.39 is 0 Å². The number of benzene rings is 1. The summed E-state index contributed by atoms with van der Waals surface area (Å²) in [5.41, 5.74) is 2.52. The fourth-order valence-corrected chi connectivity index (χ4v) is 3.28. The number of anilines is 1. The molecule has 0 spiro atoms. The van der Waals surface area contributed by atoms with Gasteiger partial charge >= 0.3 is 11.7 Å². The van der Waals surface area contributed by atoms with Crippen molar-refractivity contribution in [1.29, 1.82) is 0 Å². The number of carbonyl (C=O) groups excluding carboxylic acids is 1. The second kappa shape index (κ2) is 9.55. The van der Waals surface area contributed by atoms with Gasteiger partial charge in [0.25, 0.3) is 0 Å². The predicted octanol–water partition coefficient (Wildman–Crippen LogP) is 3.86. The van der Waals surface area contributed by atoms with Gasteiger partial charge < -0.3 is 19.5 Å². The number of rotatable bonds is 8. The Labute approximate surface area is 161 Å². The normalized spacial score (nSPS) is 11.2. The monoisotopic (exact) mass is 373 g/mol. The molecule has 1 heterocycles. The number of hydrogen-bond donors (Lipinski definition) is 1. The van der Waals surface area contributed by atoms with Crippen LogP contribution in [0.4, 0.5) is 10.5 Å². The van der Waals surface area contributed by atoms with Crippen molar-refractivity contribution in [3.63, 3.8) is 0 Å². The molecule has 0 fully saturated rings. The smallest absolute Gasteiger partial charge is 0.339 e. The van der Waals surface area contributed by atoms with Crippen molar-refractivity contribution < 1.29 is 9.21 Å². The molecule has 6 heteroatoms. The average Bonchev–Trinajstić information content (AvgIpc) is 2.65. The van der Waals surface area contributed by atoms with Gasteiger partial charge in [0.05, 0.1) is 0 Å². The molecule has 0 radical (unpaired) electrons. The summed E-state index contributed by atoms with van der Waals surface area (Å²) in [7, 11) is 0. The summed E-state index contributed by atoms with van der Waals surface area (Å²) in [6.45, 7) is 14.1. The van der Waals surface area contributed by atoms with Crippen molar-refractivity contribution in [2.45, 2.75) is 41.0 Å². The van der Waals surface area contributed by atoms with Crippen LogP contribution in [0.15, 0.2) is 27.4 Å². The molecule has 0 saturated heterocycles. The van der Waals surface area contributed by atoms with Crippen LogP contribution in [-0.2, 0) is 6.42 Å². The van der Waals surface area contributed by atoms with Gasteiger partial charge in [-0.3, -0.25) is 0 Å². The standard InChI is InChI=1S/C21H31N3O3/c1-6-23(7-2)13-12-18-15(5)17-11-10-16(14-19(17)27-20(18)25)22-21(26)24(8-3)9-4/h10-11,14H,6-9,12-13H2,1-5H3,(H,22,26). The maximum absolute atomic E-state index is 12.5. The maximum atomic E-state index is 12.5. The first-order valence-electron chi connectivity index (χ1n) is 9.79. The Bertz CT molecular complexity index is 836. The van der Waals surface area contributed by atoms with Gasteiger partial charge in [-0.1, -0.05) is 13.8 Å². The highest BCUT2D eigenvalue weighted by Gasteiger charge is 2.14. The van der Waals surface area contributed by atoms with E-state index in [2.05, 4.69) is 24.1 Å². The molecule has 2 amide bonds. The van der Waals surface area contributed by atoms with Crippen LogP contribution in [0.2, 0.25) is 0 Å². The van der Waals surface area contributed by atoms with Crippen LogP contribution in [0.3, 0.4) is 0 Å². The molecule has 2 aromatic rings. The first-order chi connectivity index (χ1) is 12.9. The predicted molar refractivity (Wildman–Crippen MR) is 111 cm³/mol. The van der Waals surface area contributed by atoms with Crippen molar-refractivity contribution in [1.82, 2.24) is 9.80 Å². The summed E-state index contributed by atoms with van der Waals surface area (Å²) in [5, 5.41) is 3.77. The van der Waals surface area contributed by atoms with Gasteiger partial charge in [0.2, 0.25) is 0 Å². The van der Waals surface area contributed by atoms with E-state index in [1.807, 2.05) is 32.9 Å². The Balaban J connectivity index is 2.29. The molecule has 0 atom stereocenters. The Hall–Kier alpha value is -2.34. The summed E-state index contributed by atoms with van der Waals surface area (Å²) >= 11 is 0. The largest absolute Gasteiger partial charge is 0.422 e. The molecular formula is C21H31N3O3. The van der Waals surface area contributed by atoms with Gasteiger partial charge in [0, 0.05) is 42.3 Å². The topological polar surface area (TPSA) is 65.8 Å². The summed E-state index contributed by atoms with van der Waals surface area (Å²) in [6, 6.07) is 5.32. The minimum absolute atomic E-state index is 0.158. The number of likely N-dealkylation sites (N-methyl/N-ethyl adjacent to an activating group) is 1. The molecular weight excluding hydrogens is 342 g/mol. The van der Waals surface area contributed by atoms with Crippen LogP contribution in [0.1, 0.15) is 38.8 Å². The van der Waals surface area contributed by atoms with E-state index >= 15 is 0 Å². The van der Waals surface area contributed by atoms with Gasteiger partial charge in [0.1, 0.15) is 5.58 Å². The zero-order valence-corrected chi connectivity index (χ0v) is 17.1. The highest BCUT2D eigenvalue weighted by atomic mass is 16.4.